The summed E-state index contributed by atoms with van der Waals surface area (Å²) in [7, 11) is 2.09. The molecule has 3 aliphatic heterocycles. The van der Waals surface area contributed by atoms with Gasteiger partial charge in [0.1, 0.15) is 29.1 Å². The number of nitrogens with one attached hydrogen (secondary N) is 2. The zero-order chi connectivity index (χ0) is 26.7. The standard InChI is InChI=1S/C24H30N4O8S/c1-27(2)37(31,32)28-12-20-22(13-28)36-17-6-5-15(21(10-17)34-4)11-25-23(29)14-35-19-8-16(24(30)26-20)7-18(9-19)33-3/h5-10,20,22H,11-14H2,1-4H3,(H,25,29)(H,26,30)/t20-,22-/m0/s1. The quantitative estimate of drug-likeness (QED) is 0.575. The molecule has 0 unspecified atom stereocenters. The van der Waals surface area contributed by atoms with Gasteiger partial charge in [-0.1, -0.05) is 0 Å². The van der Waals surface area contributed by atoms with Crippen LogP contribution in [0.5, 0.6) is 23.0 Å². The van der Waals surface area contributed by atoms with Crippen molar-refractivity contribution in [1.82, 2.24) is 19.2 Å². The summed E-state index contributed by atoms with van der Waals surface area (Å²) in [6, 6.07) is 9.02. The Hall–Kier alpha value is -3.55. The first-order valence-corrected chi connectivity index (χ1v) is 12.9. The van der Waals surface area contributed by atoms with Gasteiger partial charge >= 0.3 is 0 Å². The third-order valence-electron chi connectivity index (χ3n) is 6.11. The number of ether oxygens (including phenoxy) is 4. The van der Waals surface area contributed by atoms with Crippen LogP contribution in [0.25, 0.3) is 0 Å². The van der Waals surface area contributed by atoms with Crippen LogP contribution in [0.1, 0.15) is 15.9 Å². The van der Waals surface area contributed by atoms with Crippen molar-refractivity contribution in [2.45, 2.75) is 18.7 Å². The third kappa shape index (κ3) is 5.89. The average Bonchev–Trinajstić information content (AvgIpc) is 3.28. The van der Waals surface area contributed by atoms with E-state index in [-0.39, 0.29) is 43.5 Å². The first-order valence-electron chi connectivity index (χ1n) is 11.5. The number of nitrogens with zero attached hydrogens (tertiary/aromatic N) is 2. The Morgan fingerprint density at radius 2 is 1.81 bits per heavy atom. The van der Waals surface area contributed by atoms with Crippen LogP contribution in [0.3, 0.4) is 0 Å². The molecule has 0 radical (unpaired) electrons. The van der Waals surface area contributed by atoms with Gasteiger partial charge in [-0.25, -0.2) is 0 Å². The molecule has 37 heavy (non-hydrogen) atoms. The summed E-state index contributed by atoms with van der Waals surface area (Å²) in [5, 5.41) is 5.66. The molecule has 2 aromatic rings. The zero-order valence-electron chi connectivity index (χ0n) is 21.0. The van der Waals surface area contributed by atoms with Crippen molar-refractivity contribution in [1.29, 1.82) is 0 Å². The lowest BCUT2D eigenvalue weighted by Crippen LogP contribution is -2.45. The predicted octanol–water partition coefficient (Wildman–Crippen LogP) is 0.380. The van der Waals surface area contributed by atoms with Crippen LogP contribution in [-0.4, -0.2) is 89.0 Å². The van der Waals surface area contributed by atoms with Crippen molar-refractivity contribution < 1.29 is 37.0 Å². The van der Waals surface area contributed by atoms with E-state index in [1.807, 2.05) is 0 Å². The van der Waals surface area contributed by atoms with Gasteiger partial charge in [-0.15, -0.1) is 0 Å². The maximum atomic E-state index is 13.3. The number of fused-ring (bicyclic) bond motifs is 7. The monoisotopic (exact) mass is 534 g/mol. The molecule has 0 spiro atoms. The van der Waals surface area contributed by atoms with Crippen LogP contribution < -0.4 is 29.6 Å². The van der Waals surface area contributed by atoms with Crippen LogP contribution in [0, 0.1) is 0 Å². The number of carbonyl (C=O) groups is 2. The normalized spacial score (nSPS) is 20.8. The molecule has 2 amide bonds. The number of amides is 2. The molecule has 2 aromatic carbocycles. The molecule has 5 rings (SSSR count). The molecule has 0 saturated carbocycles. The number of methoxy groups -OCH3 is 2. The number of rotatable bonds is 4. The summed E-state index contributed by atoms with van der Waals surface area (Å²) in [4.78, 5) is 25.6. The summed E-state index contributed by atoms with van der Waals surface area (Å²) >= 11 is 0. The van der Waals surface area contributed by atoms with Gasteiger partial charge in [0.25, 0.3) is 22.0 Å². The van der Waals surface area contributed by atoms with E-state index in [0.29, 0.717) is 22.8 Å². The Bertz CT molecular complexity index is 1280. The van der Waals surface area contributed by atoms with E-state index >= 15 is 0 Å². The number of hydrogen-bond donors (Lipinski definition) is 2. The van der Waals surface area contributed by atoms with Gasteiger partial charge in [0.2, 0.25) is 0 Å². The minimum Gasteiger partial charge on any atom is -0.497 e. The molecule has 3 aliphatic rings. The second-order valence-electron chi connectivity index (χ2n) is 8.78. The molecule has 4 bridgehead atoms. The van der Waals surface area contributed by atoms with Gasteiger partial charge in [-0.2, -0.15) is 17.0 Å². The summed E-state index contributed by atoms with van der Waals surface area (Å²) in [6.07, 6.45) is -0.689. The van der Waals surface area contributed by atoms with Gasteiger partial charge in [0.15, 0.2) is 6.61 Å². The highest BCUT2D eigenvalue weighted by Gasteiger charge is 2.42. The summed E-state index contributed by atoms with van der Waals surface area (Å²) in [5.41, 5.74) is 0.932. The van der Waals surface area contributed by atoms with Gasteiger partial charge in [0, 0.05) is 50.4 Å². The van der Waals surface area contributed by atoms with E-state index in [9.17, 15) is 18.0 Å². The fraction of sp³-hybridized carbons (Fsp3) is 0.417. The Morgan fingerprint density at radius 1 is 1.03 bits per heavy atom. The first kappa shape index (κ1) is 26.5. The largest absolute Gasteiger partial charge is 0.497 e. The van der Waals surface area contributed by atoms with Gasteiger partial charge < -0.3 is 29.6 Å². The van der Waals surface area contributed by atoms with Crippen molar-refractivity contribution >= 4 is 22.0 Å². The van der Waals surface area contributed by atoms with E-state index in [4.69, 9.17) is 18.9 Å². The zero-order valence-corrected chi connectivity index (χ0v) is 21.8. The minimum atomic E-state index is -3.75. The van der Waals surface area contributed by atoms with Crippen LogP contribution >= 0.6 is 0 Å². The Morgan fingerprint density at radius 3 is 2.51 bits per heavy atom. The van der Waals surface area contributed by atoms with Crippen LogP contribution in [-0.2, 0) is 21.5 Å². The molecule has 200 valence electrons. The molecular formula is C24H30N4O8S. The van der Waals surface area contributed by atoms with E-state index in [1.165, 1.54) is 44.8 Å². The van der Waals surface area contributed by atoms with Crippen molar-refractivity contribution in [3.05, 3.63) is 47.5 Å². The second kappa shape index (κ2) is 10.8. The van der Waals surface area contributed by atoms with Gasteiger partial charge in [-0.3, -0.25) is 9.59 Å². The molecule has 2 N–H and O–H groups in total. The highest BCUT2D eigenvalue weighted by molar-refractivity contribution is 7.86. The first-order chi connectivity index (χ1) is 17.6. The highest BCUT2D eigenvalue weighted by atomic mass is 32.2. The van der Waals surface area contributed by atoms with Crippen LogP contribution in [0.2, 0.25) is 0 Å². The van der Waals surface area contributed by atoms with E-state index in [1.54, 1.807) is 24.3 Å². The molecule has 1 fully saturated rings. The number of hydrogen-bond acceptors (Lipinski definition) is 8. The molecule has 3 heterocycles. The fourth-order valence-corrected chi connectivity index (χ4v) is 5.23. The van der Waals surface area contributed by atoms with Crippen molar-refractivity contribution in [2.75, 3.05) is 48.0 Å². The van der Waals surface area contributed by atoms with Crippen LogP contribution in [0.4, 0.5) is 0 Å². The Balaban J connectivity index is 1.72. The fourth-order valence-electron chi connectivity index (χ4n) is 4.09. The second-order valence-corrected chi connectivity index (χ2v) is 10.9. The molecule has 1 saturated heterocycles. The number of benzene rings is 2. The van der Waals surface area contributed by atoms with Crippen molar-refractivity contribution in [2.24, 2.45) is 0 Å². The van der Waals surface area contributed by atoms with E-state index in [2.05, 4.69) is 10.6 Å². The molecule has 13 heteroatoms. The van der Waals surface area contributed by atoms with E-state index < -0.39 is 28.3 Å². The van der Waals surface area contributed by atoms with Gasteiger partial charge in [-0.05, 0) is 24.3 Å². The Labute approximate surface area is 215 Å². The topological polar surface area (TPSA) is 136 Å². The summed E-state index contributed by atoms with van der Waals surface area (Å²) in [5.74, 6) is 0.693. The SMILES string of the molecule is COc1cc2cc(c1)C(=O)N[C@H]1CN(S(=O)(=O)N(C)C)C[C@@H]1Oc1ccc(c(OC)c1)CNC(=O)CO2. The minimum absolute atomic E-state index is 0.0118. The molecule has 12 nitrogen and oxygen atoms in total. The third-order valence-corrected chi connectivity index (χ3v) is 7.98. The van der Waals surface area contributed by atoms with Crippen molar-refractivity contribution in [3.63, 3.8) is 0 Å². The van der Waals surface area contributed by atoms with Crippen LogP contribution in [0.15, 0.2) is 36.4 Å². The van der Waals surface area contributed by atoms with Gasteiger partial charge in [0.05, 0.1) is 26.8 Å². The summed E-state index contributed by atoms with van der Waals surface area (Å²) < 4.78 is 50.6. The van der Waals surface area contributed by atoms with E-state index in [0.717, 1.165) is 4.31 Å². The molecule has 0 aromatic heterocycles. The number of carbonyl (C=O) groups excluding carboxylic acids is 2. The van der Waals surface area contributed by atoms with Crippen molar-refractivity contribution in [3.8, 4) is 23.0 Å². The molecular weight excluding hydrogens is 504 g/mol. The predicted molar refractivity (Wildman–Crippen MR) is 133 cm³/mol. The lowest BCUT2D eigenvalue weighted by Gasteiger charge is -2.22. The molecule has 0 aliphatic carbocycles. The highest BCUT2D eigenvalue weighted by Crippen LogP contribution is 2.29. The smallest absolute Gasteiger partial charge is 0.281 e. The lowest BCUT2D eigenvalue weighted by atomic mass is 10.1. The average molecular weight is 535 g/mol. The molecule has 2 atom stereocenters. The maximum Gasteiger partial charge on any atom is 0.281 e. The Kier molecular flexibility index (Phi) is 7.76. The maximum absolute atomic E-state index is 13.3. The lowest BCUT2D eigenvalue weighted by molar-refractivity contribution is -0.123. The summed E-state index contributed by atoms with van der Waals surface area (Å²) in [6.45, 7) is -0.0499.